The molecule has 0 aromatic carbocycles. The van der Waals surface area contributed by atoms with Crippen molar-refractivity contribution in [2.75, 3.05) is 19.6 Å². The summed E-state index contributed by atoms with van der Waals surface area (Å²) < 4.78 is 0. The van der Waals surface area contributed by atoms with E-state index in [0.29, 0.717) is 10.8 Å². The zero-order valence-electron chi connectivity index (χ0n) is 8.05. The maximum absolute atomic E-state index is 11.1. The first-order chi connectivity index (χ1) is 6.09. The molecule has 0 spiro atoms. The third-order valence-electron chi connectivity index (χ3n) is 2.56. The molecule has 0 aromatic heterocycles. The number of ketones is 1. The van der Waals surface area contributed by atoms with Crippen molar-refractivity contribution in [2.24, 2.45) is 5.92 Å². The SMILES string of the molecule is C=C(Cl)CN1CCC(C(C)=O)CC1. The highest BCUT2D eigenvalue weighted by molar-refractivity contribution is 6.29. The van der Waals surface area contributed by atoms with Gasteiger partial charge in [-0.15, -0.1) is 0 Å². The maximum Gasteiger partial charge on any atom is 0.133 e. The Labute approximate surface area is 84.6 Å². The van der Waals surface area contributed by atoms with Crippen LogP contribution in [-0.2, 0) is 4.79 Å². The molecular formula is C10H16ClNO. The Morgan fingerprint density at radius 1 is 1.54 bits per heavy atom. The van der Waals surface area contributed by atoms with E-state index >= 15 is 0 Å². The monoisotopic (exact) mass is 201 g/mol. The number of likely N-dealkylation sites (tertiary alicyclic amines) is 1. The Morgan fingerprint density at radius 3 is 2.46 bits per heavy atom. The molecular weight excluding hydrogens is 186 g/mol. The smallest absolute Gasteiger partial charge is 0.133 e. The summed E-state index contributed by atoms with van der Waals surface area (Å²) in [4.78, 5) is 13.3. The van der Waals surface area contributed by atoms with Crippen LogP contribution < -0.4 is 0 Å². The summed E-state index contributed by atoms with van der Waals surface area (Å²) in [7, 11) is 0. The van der Waals surface area contributed by atoms with Gasteiger partial charge < -0.3 is 0 Å². The molecule has 0 unspecified atom stereocenters. The molecule has 1 fully saturated rings. The molecule has 1 rings (SSSR count). The van der Waals surface area contributed by atoms with Gasteiger partial charge in [-0.3, -0.25) is 9.69 Å². The first-order valence-corrected chi connectivity index (χ1v) is 5.03. The van der Waals surface area contributed by atoms with Crippen molar-refractivity contribution < 1.29 is 4.79 Å². The topological polar surface area (TPSA) is 20.3 Å². The largest absolute Gasteiger partial charge is 0.300 e. The molecule has 2 nitrogen and oxygen atoms in total. The van der Waals surface area contributed by atoms with Crippen LogP contribution in [0.3, 0.4) is 0 Å². The van der Waals surface area contributed by atoms with Gasteiger partial charge in [-0.05, 0) is 32.9 Å². The molecule has 0 atom stereocenters. The van der Waals surface area contributed by atoms with Gasteiger partial charge in [0, 0.05) is 17.5 Å². The fourth-order valence-corrected chi connectivity index (χ4v) is 1.91. The van der Waals surface area contributed by atoms with Gasteiger partial charge >= 0.3 is 0 Å². The molecule has 1 aliphatic heterocycles. The summed E-state index contributed by atoms with van der Waals surface area (Å²) in [6.07, 6.45) is 1.94. The molecule has 0 bridgehead atoms. The van der Waals surface area contributed by atoms with Gasteiger partial charge in [-0.25, -0.2) is 0 Å². The minimum absolute atomic E-state index is 0.278. The van der Waals surface area contributed by atoms with E-state index < -0.39 is 0 Å². The maximum atomic E-state index is 11.1. The van der Waals surface area contributed by atoms with E-state index in [1.165, 1.54) is 0 Å². The summed E-state index contributed by atoms with van der Waals surface area (Å²) >= 11 is 5.71. The normalized spacial score (nSPS) is 20.2. The Morgan fingerprint density at radius 2 is 2.08 bits per heavy atom. The average Bonchev–Trinajstić information content (AvgIpc) is 2.04. The lowest BCUT2D eigenvalue weighted by atomic mass is 9.93. The Hall–Kier alpha value is -0.340. The fourth-order valence-electron chi connectivity index (χ4n) is 1.74. The van der Waals surface area contributed by atoms with Crippen LogP contribution in [0.5, 0.6) is 0 Å². The Kier molecular flexibility index (Phi) is 3.94. The zero-order chi connectivity index (χ0) is 9.84. The molecule has 1 saturated heterocycles. The van der Waals surface area contributed by atoms with Gasteiger partial charge in [0.05, 0.1) is 0 Å². The number of hydrogen-bond acceptors (Lipinski definition) is 2. The van der Waals surface area contributed by atoms with Crippen LogP contribution in [0.2, 0.25) is 0 Å². The van der Waals surface area contributed by atoms with E-state index in [-0.39, 0.29) is 5.92 Å². The molecule has 3 heteroatoms. The van der Waals surface area contributed by atoms with Gasteiger partial charge in [-0.1, -0.05) is 18.2 Å². The highest BCUT2D eigenvalue weighted by Gasteiger charge is 2.21. The van der Waals surface area contributed by atoms with E-state index in [1.54, 1.807) is 6.92 Å². The van der Waals surface area contributed by atoms with Crippen molar-refractivity contribution in [3.05, 3.63) is 11.6 Å². The van der Waals surface area contributed by atoms with E-state index in [1.807, 2.05) is 0 Å². The molecule has 1 aliphatic rings. The lowest BCUT2D eigenvalue weighted by molar-refractivity contribution is -0.122. The summed E-state index contributed by atoms with van der Waals surface area (Å²) in [5.74, 6) is 0.601. The van der Waals surface area contributed by atoms with Crippen molar-refractivity contribution in [3.63, 3.8) is 0 Å². The lowest BCUT2D eigenvalue weighted by Gasteiger charge is -2.30. The van der Waals surface area contributed by atoms with Gasteiger partial charge in [-0.2, -0.15) is 0 Å². The number of piperidine rings is 1. The van der Waals surface area contributed by atoms with Crippen molar-refractivity contribution in [1.29, 1.82) is 0 Å². The van der Waals surface area contributed by atoms with Gasteiger partial charge in [0.15, 0.2) is 0 Å². The molecule has 1 heterocycles. The summed E-state index contributed by atoms with van der Waals surface area (Å²) in [5, 5.41) is 0.682. The standard InChI is InChI=1S/C10H16ClNO/c1-8(11)7-12-5-3-10(4-6-12)9(2)13/h10H,1,3-7H2,2H3. The third kappa shape index (κ3) is 3.49. The zero-order valence-corrected chi connectivity index (χ0v) is 8.81. The average molecular weight is 202 g/mol. The quantitative estimate of drug-likeness (QED) is 0.697. The first kappa shape index (κ1) is 10.7. The van der Waals surface area contributed by atoms with E-state index in [4.69, 9.17) is 11.6 Å². The Balaban J connectivity index is 2.30. The molecule has 74 valence electrons. The highest BCUT2D eigenvalue weighted by Crippen LogP contribution is 2.18. The fraction of sp³-hybridized carbons (Fsp3) is 0.700. The van der Waals surface area contributed by atoms with Gasteiger partial charge in [0.1, 0.15) is 5.78 Å². The second kappa shape index (κ2) is 4.77. The van der Waals surface area contributed by atoms with E-state index in [2.05, 4.69) is 11.5 Å². The summed E-state index contributed by atoms with van der Waals surface area (Å²) in [5.41, 5.74) is 0. The van der Waals surface area contributed by atoms with Gasteiger partial charge in [0.2, 0.25) is 0 Å². The van der Waals surface area contributed by atoms with Crippen LogP contribution >= 0.6 is 11.6 Å². The van der Waals surface area contributed by atoms with Crippen molar-refractivity contribution >= 4 is 17.4 Å². The molecule has 0 N–H and O–H groups in total. The second-order valence-corrected chi connectivity index (χ2v) is 4.21. The predicted octanol–water partition coefficient (Wildman–Crippen LogP) is 2.04. The number of Topliss-reactive ketones (excluding diaryl/α,β-unsaturated/α-hetero) is 1. The predicted molar refractivity (Wildman–Crippen MR) is 54.8 cm³/mol. The van der Waals surface area contributed by atoms with Crippen LogP contribution in [0.15, 0.2) is 11.6 Å². The van der Waals surface area contributed by atoms with Crippen LogP contribution in [0, 0.1) is 5.92 Å². The molecule has 0 radical (unpaired) electrons. The Bertz CT molecular complexity index is 207. The second-order valence-electron chi connectivity index (χ2n) is 3.68. The first-order valence-electron chi connectivity index (χ1n) is 4.65. The van der Waals surface area contributed by atoms with Crippen LogP contribution in [0.1, 0.15) is 19.8 Å². The van der Waals surface area contributed by atoms with E-state index in [9.17, 15) is 4.79 Å². The lowest BCUT2D eigenvalue weighted by Crippen LogP contribution is -2.36. The van der Waals surface area contributed by atoms with E-state index in [0.717, 1.165) is 32.5 Å². The third-order valence-corrected chi connectivity index (χ3v) is 2.68. The molecule has 13 heavy (non-hydrogen) atoms. The summed E-state index contributed by atoms with van der Waals surface area (Å²) in [6.45, 7) is 8.03. The molecule has 0 saturated carbocycles. The molecule has 0 amide bonds. The summed E-state index contributed by atoms with van der Waals surface area (Å²) in [6, 6.07) is 0. The number of halogens is 1. The van der Waals surface area contributed by atoms with Gasteiger partial charge in [0.25, 0.3) is 0 Å². The molecule has 0 aromatic rings. The van der Waals surface area contributed by atoms with Crippen molar-refractivity contribution in [2.45, 2.75) is 19.8 Å². The number of nitrogens with zero attached hydrogens (tertiary/aromatic N) is 1. The number of hydrogen-bond donors (Lipinski definition) is 0. The van der Waals surface area contributed by atoms with Crippen LogP contribution in [0.25, 0.3) is 0 Å². The molecule has 0 aliphatic carbocycles. The number of rotatable bonds is 3. The van der Waals surface area contributed by atoms with Crippen LogP contribution in [0.4, 0.5) is 0 Å². The minimum Gasteiger partial charge on any atom is -0.300 e. The van der Waals surface area contributed by atoms with Crippen molar-refractivity contribution in [3.8, 4) is 0 Å². The van der Waals surface area contributed by atoms with Crippen LogP contribution in [-0.4, -0.2) is 30.3 Å². The minimum atomic E-state index is 0.278. The highest BCUT2D eigenvalue weighted by atomic mass is 35.5. The number of carbonyl (C=O) groups is 1. The van der Waals surface area contributed by atoms with Crippen molar-refractivity contribution in [1.82, 2.24) is 4.90 Å². The number of carbonyl (C=O) groups excluding carboxylic acids is 1.